The van der Waals surface area contributed by atoms with Gasteiger partial charge in [-0.25, -0.2) is 0 Å². The molecule has 1 aromatic rings. The fourth-order valence-electron chi connectivity index (χ4n) is 2.10. The number of aromatic nitrogens is 2. The van der Waals surface area contributed by atoms with Crippen LogP contribution in [0.25, 0.3) is 0 Å². The summed E-state index contributed by atoms with van der Waals surface area (Å²) in [5, 5.41) is 19.0. The second-order valence-corrected chi connectivity index (χ2v) is 5.57. The Kier molecular flexibility index (Phi) is 4.24. The van der Waals surface area contributed by atoms with Crippen molar-refractivity contribution in [3.05, 3.63) is 5.89 Å². The summed E-state index contributed by atoms with van der Waals surface area (Å²) in [6.07, 6.45) is 0.313. The van der Waals surface area contributed by atoms with Crippen LogP contribution < -0.4 is 11.1 Å². The van der Waals surface area contributed by atoms with Crippen LogP contribution in [0.3, 0.4) is 0 Å². The Hall–Kier alpha value is -2.00. The smallest absolute Gasteiger partial charge is 0.325 e. The topological polar surface area (TPSA) is 135 Å². The molecular formula is C12H19N5O4. The minimum absolute atomic E-state index is 0.0334. The summed E-state index contributed by atoms with van der Waals surface area (Å²) < 4.78 is 5.27. The summed E-state index contributed by atoms with van der Waals surface area (Å²) in [4.78, 5) is 24.6. The third-order valence-electron chi connectivity index (χ3n) is 3.35. The van der Waals surface area contributed by atoms with Gasteiger partial charge in [-0.1, -0.05) is 18.9 Å². The van der Waals surface area contributed by atoms with Crippen molar-refractivity contribution in [2.75, 3.05) is 25.0 Å². The van der Waals surface area contributed by atoms with Crippen molar-refractivity contribution in [2.24, 2.45) is 5.73 Å². The second-order valence-electron chi connectivity index (χ2n) is 5.57. The molecule has 0 spiro atoms. The van der Waals surface area contributed by atoms with Crippen LogP contribution in [0.15, 0.2) is 4.42 Å². The summed E-state index contributed by atoms with van der Waals surface area (Å²) in [5.74, 6) is -0.874. The quantitative estimate of drug-likeness (QED) is 0.669. The molecule has 1 aromatic heterocycles. The number of carbonyl (C=O) groups excluding carboxylic acids is 1. The van der Waals surface area contributed by atoms with E-state index in [2.05, 4.69) is 15.5 Å². The maximum Gasteiger partial charge on any atom is 0.325 e. The summed E-state index contributed by atoms with van der Waals surface area (Å²) in [7, 11) is 0. The van der Waals surface area contributed by atoms with E-state index in [9.17, 15) is 9.59 Å². The Morgan fingerprint density at radius 2 is 2.24 bits per heavy atom. The van der Waals surface area contributed by atoms with Crippen LogP contribution in [-0.4, -0.2) is 57.3 Å². The van der Waals surface area contributed by atoms with Gasteiger partial charge in [-0.3, -0.25) is 19.8 Å². The van der Waals surface area contributed by atoms with Gasteiger partial charge in [-0.05, 0) is 6.42 Å². The number of anilines is 1. The molecule has 1 unspecified atom stereocenters. The van der Waals surface area contributed by atoms with Crippen LogP contribution in [0.1, 0.15) is 32.1 Å². The zero-order chi connectivity index (χ0) is 15.6. The summed E-state index contributed by atoms with van der Waals surface area (Å²) in [6, 6.07) is 0.0418. The molecule has 9 heteroatoms. The van der Waals surface area contributed by atoms with E-state index in [1.807, 2.05) is 13.8 Å². The van der Waals surface area contributed by atoms with Gasteiger partial charge in [-0.15, -0.1) is 5.10 Å². The maximum absolute atomic E-state index is 11.9. The van der Waals surface area contributed by atoms with Crippen molar-refractivity contribution in [2.45, 2.75) is 31.7 Å². The van der Waals surface area contributed by atoms with E-state index in [1.54, 1.807) is 4.90 Å². The summed E-state index contributed by atoms with van der Waals surface area (Å²) >= 11 is 0. The average molecular weight is 297 g/mol. The Bertz CT molecular complexity index is 544. The number of hydrogen-bond donors (Lipinski definition) is 3. The van der Waals surface area contributed by atoms with Crippen molar-refractivity contribution in [3.8, 4) is 0 Å². The molecule has 1 aliphatic rings. The normalized spacial score (nSPS) is 22.7. The minimum atomic E-state index is -1.28. The largest absolute Gasteiger partial charge is 0.480 e. The predicted octanol–water partition coefficient (Wildman–Crippen LogP) is -0.381. The van der Waals surface area contributed by atoms with Crippen LogP contribution in [0, 0.1) is 0 Å². The Morgan fingerprint density at radius 1 is 1.52 bits per heavy atom. The molecule has 4 N–H and O–H groups in total. The lowest BCUT2D eigenvalue weighted by Crippen LogP contribution is -2.50. The highest BCUT2D eigenvalue weighted by Gasteiger charge is 2.41. The number of hydrogen-bond acceptors (Lipinski definition) is 7. The molecule has 21 heavy (non-hydrogen) atoms. The number of nitrogens with zero attached hydrogens (tertiary/aromatic N) is 3. The minimum Gasteiger partial charge on any atom is -0.480 e. The lowest BCUT2D eigenvalue weighted by atomic mass is 10.0. The average Bonchev–Trinajstić information content (AvgIpc) is 2.97. The van der Waals surface area contributed by atoms with Crippen LogP contribution in [0.4, 0.5) is 6.01 Å². The molecule has 116 valence electrons. The lowest BCUT2D eigenvalue weighted by Gasteiger charge is -2.19. The van der Waals surface area contributed by atoms with Crippen LogP contribution in [0.5, 0.6) is 0 Å². The zero-order valence-electron chi connectivity index (χ0n) is 12.0. The van der Waals surface area contributed by atoms with Crippen molar-refractivity contribution in [1.29, 1.82) is 0 Å². The van der Waals surface area contributed by atoms with Crippen molar-refractivity contribution >= 4 is 17.9 Å². The number of carbonyl (C=O) groups is 2. The van der Waals surface area contributed by atoms with Gasteiger partial charge in [0.15, 0.2) is 0 Å². The molecule has 9 nitrogen and oxygen atoms in total. The van der Waals surface area contributed by atoms with Gasteiger partial charge in [-0.2, -0.15) is 0 Å². The number of nitrogens with one attached hydrogen (secondary N) is 1. The van der Waals surface area contributed by atoms with E-state index in [1.165, 1.54) is 0 Å². The van der Waals surface area contributed by atoms with Gasteiger partial charge in [0.05, 0.1) is 6.54 Å². The number of aliphatic carboxylic acids is 1. The summed E-state index contributed by atoms with van der Waals surface area (Å²) in [5.41, 5.74) is 4.46. The van der Waals surface area contributed by atoms with Gasteiger partial charge in [0.2, 0.25) is 11.8 Å². The van der Waals surface area contributed by atoms with Gasteiger partial charge in [0.1, 0.15) is 5.54 Å². The standard InChI is InChI=1S/C12H19N5O4/c1-7(2)9-15-16-11(21-9)14-8(18)5-17-4-3-12(13,6-17)10(19)20/h7H,3-6,13H2,1-2H3,(H,19,20)(H,14,16,18). The molecule has 0 aromatic carbocycles. The molecule has 2 rings (SSSR count). The van der Waals surface area contributed by atoms with E-state index in [0.29, 0.717) is 18.9 Å². The first kappa shape index (κ1) is 15.4. The second kappa shape index (κ2) is 5.78. The van der Waals surface area contributed by atoms with Gasteiger partial charge in [0.25, 0.3) is 0 Å². The van der Waals surface area contributed by atoms with Gasteiger partial charge < -0.3 is 15.3 Å². The van der Waals surface area contributed by atoms with Crippen LogP contribution in [0.2, 0.25) is 0 Å². The number of amides is 1. The third-order valence-corrected chi connectivity index (χ3v) is 3.35. The van der Waals surface area contributed by atoms with E-state index < -0.39 is 11.5 Å². The molecule has 0 aliphatic carbocycles. The van der Waals surface area contributed by atoms with Crippen molar-refractivity contribution in [1.82, 2.24) is 15.1 Å². The lowest BCUT2D eigenvalue weighted by molar-refractivity contribution is -0.143. The fraction of sp³-hybridized carbons (Fsp3) is 0.667. The molecule has 0 bridgehead atoms. The first-order chi connectivity index (χ1) is 9.80. The Labute approximate surface area is 121 Å². The predicted molar refractivity (Wildman–Crippen MR) is 72.6 cm³/mol. The number of likely N-dealkylation sites (tertiary alicyclic amines) is 1. The molecule has 0 saturated carbocycles. The van der Waals surface area contributed by atoms with Crippen LogP contribution in [-0.2, 0) is 9.59 Å². The molecule has 0 radical (unpaired) electrons. The van der Waals surface area contributed by atoms with E-state index in [-0.39, 0.29) is 30.9 Å². The van der Waals surface area contributed by atoms with E-state index in [4.69, 9.17) is 15.3 Å². The Morgan fingerprint density at radius 3 is 2.76 bits per heavy atom. The maximum atomic E-state index is 11.9. The molecular weight excluding hydrogens is 278 g/mol. The van der Waals surface area contributed by atoms with Crippen molar-refractivity contribution < 1.29 is 19.1 Å². The molecule has 1 aliphatic heterocycles. The highest BCUT2D eigenvalue weighted by atomic mass is 16.4. The van der Waals surface area contributed by atoms with Crippen LogP contribution >= 0.6 is 0 Å². The SMILES string of the molecule is CC(C)c1nnc(NC(=O)CN2CCC(N)(C(=O)O)C2)o1. The molecule has 1 saturated heterocycles. The highest BCUT2D eigenvalue weighted by molar-refractivity contribution is 5.90. The highest BCUT2D eigenvalue weighted by Crippen LogP contribution is 2.19. The number of carboxylic acids is 1. The third kappa shape index (κ3) is 3.56. The van der Waals surface area contributed by atoms with Gasteiger partial charge in [0, 0.05) is 19.0 Å². The Balaban J connectivity index is 1.86. The molecule has 1 amide bonds. The number of carboxylic acid groups (broad SMARTS) is 1. The molecule has 1 atom stereocenters. The van der Waals surface area contributed by atoms with E-state index >= 15 is 0 Å². The fourth-order valence-corrected chi connectivity index (χ4v) is 2.10. The van der Waals surface area contributed by atoms with E-state index in [0.717, 1.165) is 0 Å². The first-order valence-corrected chi connectivity index (χ1v) is 6.68. The number of nitrogens with two attached hydrogens (primary N) is 1. The van der Waals surface area contributed by atoms with Crippen molar-refractivity contribution in [3.63, 3.8) is 0 Å². The molecule has 1 fully saturated rings. The zero-order valence-corrected chi connectivity index (χ0v) is 12.0. The monoisotopic (exact) mass is 297 g/mol. The molecule has 2 heterocycles. The summed E-state index contributed by atoms with van der Waals surface area (Å²) in [6.45, 7) is 4.42. The first-order valence-electron chi connectivity index (χ1n) is 6.68. The number of rotatable bonds is 5. The van der Waals surface area contributed by atoms with Gasteiger partial charge >= 0.3 is 12.0 Å².